The Hall–Kier alpha value is -2.59. The van der Waals surface area contributed by atoms with E-state index < -0.39 is 0 Å². The Morgan fingerprint density at radius 1 is 1.14 bits per heavy atom. The van der Waals surface area contributed by atoms with Gasteiger partial charge in [-0.15, -0.1) is 0 Å². The van der Waals surface area contributed by atoms with Crippen molar-refractivity contribution in [3.8, 4) is 0 Å². The molecule has 21 heavy (non-hydrogen) atoms. The Labute approximate surface area is 126 Å². The number of halogens is 1. The summed E-state index contributed by atoms with van der Waals surface area (Å²) >= 11 is 6.03. The van der Waals surface area contributed by atoms with E-state index in [-0.39, 0.29) is 11.5 Å². The molecule has 1 amide bonds. The van der Waals surface area contributed by atoms with Gasteiger partial charge in [-0.2, -0.15) is 0 Å². The van der Waals surface area contributed by atoms with Gasteiger partial charge in [0, 0.05) is 23.0 Å². The van der Waals surface area contributed by atoms with Gasteiger partial charge < -0.3 is 11.1 Å². The monoisotopic (exact) mass is 297 g/mol. The second kappa shape index (κ2) is 5.42. The average Bonchev–Trinajstić information content (AvgIpc) is 2.47. The fraction of sp³-hybridized carbons (Fsp3) is 0. The van der Waals surface area contributed by atoms with Crippen molar-refractivity contribution in [1.29, 1.82) is 0 Å². The smallest absolute Gasteiger partial charge is 0.259 e. The SMILES string of the molecule is Nc1cccc(Cl)c1C(=O)Nc1ccc2ncccc2c1. The number of carbonyl (C=O) groups excluding carboxylic acids is 1. The zero-order valence-corrected chi connectivity index (χ0v) is 11.8. The number of nitrogens with zero attached hydrogens (tertiary/aromatic N) is 1. The van der Waals surface area contributed by atoms with Crippen LogP contribution in [0.5, 0.6) is 0 Å². The van der Waals surface area contributed by atoms with Crippen molar-refractivity contribution in [1.82, 2.24) is 4.98 Å². The molecule has 0 aliphatic carbocycles. The van der Waals surface area contributed by atoms with Crippen LogP contribution in [0.3, 0.4) is 0 Å². The van der Waals surface area contributed by atoms with Crippen LogP contribution in [-0.2, 0) is 0 Å². The maximum absolute atomic E-state index is 12.3. The molecular formula is C16H12ClN3O. The maximum Gasteiger partial charge on any atom is 0.259 e. The summed E-state index contributed by atoms with van der Waals surface area (Å²) in [5.41, 5.74) is 7.98. The zero-order chi connectivity index (χ0) is 14.8. The first-order valence-electron chi connectivity index (χ1n) is 6.35. The molecule has 2 aromatic carbocycles. The lowest BCUT2D eigenvalue weighted by atomic mass is 10.1. The van der Waals surface area contributed by atoms with Gasteiger partial charge in [0.1, 0.15) is 0 Å². The Morgan fingerprint density at radius 3 is 2.81 bits per heavy atom. The van der Waals surface area contributed by atoms with Crippen LogP contribution in [0.15, 0.2) is 54.7 Å². The van der Waals surface area contributed by atoms with E-state index in [4.69, 9.17) is 17.3 Å². The summed E-state index contributed by atoms with van der Waals surface area (Å²) in [7, 11) is 0. The third kappa shape index (κ3) is 2.66. The van der Waals surface area contributed by atoms with E-state index in [1.165, 1.54) is 0 Å². The molecular weight excluding hydrogens is 286 g/mol. The highest BCUT2D eigenvalue weighted by Crippen LogP contribution is 2.24. The van der Waals surface area contributed by atoms with E-state index in [0.717, 1.165) is 10.9 Å². The molecule has 104 valence electrons. The van der Waals surface area contributed by atoms with E-state index in [0.29, 0.717) is 16.4 Å². The first-order chi connectivity index (χ1) is 10.1. The molecule has 0 saturated heterocycles. The largest absolute Gasteiger partial charge is 0.398 e. The van der Waals surface area contributed by atoms with E-state index in [1.807, 2.05) is 24.3 Å². The summed E-state index contributed by atoms with van der Waals surface area (Å²) in [6.07, 6.45) is 1.73. The number of nitrogens with one attached hydrogen (secondary N) is 1. The van der Waals surface area contributed by atoms with Crippen LogP contribution in [0.2, 0.25) is 5.02 Å². The molecule has 4 nitrogen and oxygen atoms in total. The predicted molar refractivity (Wildman–Crippen MR) is 85.6 cm³/mol. The average molecular weight is 298 g/mol. The number of anilines is 2. The number of fused-ring (bicyclic) bond motifs is 1. The number of nitrogens with two attached hydrogens (primary N) is 1. The summed E-state index contributed by atoms with van der Waals surface area (Å²) < 4.78 is 0. The van der Waals surface area contributed by atoms with E-state index in [9.17, 15) is 4.79 Å². The van der Waals surface area contributed by atoms with Gasteiger partial charge >= 0.3 is 0 Å². The zero-order valence-electron chi connectivity index (χ0n) is 11.0. The Morgan fingerprint density at radius 2 is 2.00 bits per heavy atom. The quantitative estimate of drug-likeness (QED) is 0.708. The molecule has 0 bridgehead atoms. The minimum absolute atomic E-state index is 0.283. The topological polar surface area (TPSA) is 68.0 Å². The molecule has 3 N–H and O–H groups in total. The first kappa shape index (κ1) is 13.4. The number of benzene rings is 2. The maximum atomic E-state index is 12.3. The number of amides is 1. The predicted octanol–water partition coefficient (Wildman–Crippen LogP) is 3.72. The lowest BCUT2D eigenvalue weighted by molar-refractivity contribution is 0.102. The third-order valence-electron chi connectivity index (χ3n) is 3.13. The van der Waals surface area contributed by atoms with Crippen molar-refractivity contribution >= 4 is 39.8 Å². The van der Waals surface area contributed by atoms with Crippen molar-refractivity contribution in [2.24, 2.45) is 0 Å². The number of aromatic nitrogens is 1. The Bertz CT molecular complexity index is 812. The Kier molecular flexibility index (Phi) is 3.46. The summed E-state index contributed by atoms with van der Waals surface area (Å²) in [4.78, 5) is 16.5. The van der Waals surface area contributed by atoms with Crippen molar-refractivity contribution in [3.05, 3.63) is 65.3 Å². The molecule has 0 aliphatic heterocycles. The molecule has 5 heteroatoms. The van der Waals surface area contributed by atoms with Crippen LogP contribution in [0, 0.1) is 0 Å². The normalized spacial score (nSPS) is 10.5. The highest BCUT2D eigenvalue weighted by Gasteiger charge is 2.14. The van der Waals surface area contributed by atoms with Crippen LogP contribution >= 0.6 is 11.6 Å². The fourth-order valence-electron chi connectivity index (χ4n) is 2.13. The molecule has 0 unspecified atom stereocenters. The minimum atomic E-state index is -0.332. The van der Waals surface area contributed by atoms with Gasteiger partial charge in [-0.1, -0.05) is 23.7 Å². The number of nitrogen functional groups attached to an aromatic ring is 1. The summed E-state index contributed by atoms with van der Waals surface area (Å²) in [5.74, 6) is -0.332. The molecule has 3 rings (SSSR count). The second-order valence-corrected chi connectivity index (χ2v) is 4.98. The molecule has 0 saturated carbocycles. The molecule has 1 heterocycles. The molecule has 0 radical (unpaired) electrons. The molecule has 0 aliphatic rings. The minimum Gasteiger partial charge on any atom is -0.398 e. The lowest BCUT2D eigenvalue weighted by Crippen LogP contribution is -2.14. The summed E-state index contributed by atoms with van der Waals surface area (Å²) in [6, 6.07) is 14.3. The molecule has 0 atom stereocenters. The van der Waals surface area contributed by atoms with Crippen LogP contribution in [-0.4, -0.2) is 10.9 Å². The van der Waals surface area contributed by atoms with Gasteiger partial charge in [-0.3, -0.25) is 9.78 Å². The number of carbonyl (C=O) groups is 1. The van der Waals surface area contributed by atoms with Crippen molar-refractivity contribution in [3.63, 3.8) is 0 Å². The number of rotatable bonds is 2. The molecule has 1 aromatic heterocycles. The molecule has 3 aromatic rings. The third-order valence-corrected chi connectivity index (χ3v) is 3.45. The van der Waals surface area contributed by atoms with E-state index in [1.54, 1.807) is 30.5 Å². The fourth-order valence-corrected chi connectivity index (χ4v) is 2.40. The van der Waals surface area contributed by atoms with Crippen molar-refractivity contribution < 1.29 is 4.79 Å². The number of pyridine rings is 1. The van der Waals surface area contributed by atoms with Gasteiger partial charge in [0.05, 0.1) is 16.1 Å². The van der Waals surface area contributed by atoms with Crippen molar-refractivity contribution in [2.45, 2.75) is 0 Å². The number of hydrogen-bond acceptors (Lipinski definition) is 3. The van der Waals surface area contributed by atoms with Gasteiger partial charge in [0.15, 0.2) is 0 Å². The second-order valence-electron chi connectivity index (χ2n) is 4.57. The van der Waals surface area contributed by atoms with Crippen LogP contribution in [0.1, 0.15) is 10.4 Å². The Balaban J connectivity index is 1.93. The lowest BCUT2D eigenvalue weighted by Gasteiger charge is -2.09. The van der Waals surface area contributed by atoms with Crippen LogP contribution < -0.4 is 11.1 Å². The van der Waals surface area contributed by atoms with Gasteiger partial charge in [-0.25, -0.2) is 0 Å². The first-order valence-corrected chi connectivity index (χ1v) is 6.73. The van der Waals surface area contributed by atoms with Crippen molar-refractivity contribution in [2.75, 3.05) is 11.1 Å². The molecule has 0 spiro atoms. The van der Waals surface area contributed by atoms with E-state index >= 15 is 0 Å². The van der Waals surface area contributed by atoms with E-state index in [2.05, 4.69) is 10.3 Å². The van der Waals surface area contributed by atoms with Crippen LogP contribution in [0.25, 0.3) is 10.9 Å². The van der Waals surface area contributed by atoms with Gasteiger partial charge in [0.2, 0.25) is 0 Å². The van der Waals surface area contributed by atoms with Gasteiger partial charge in [0.25, 0.3) is 5.91 Å². The summed E-state index contributed by atoms with van der Waals surface area (Å²) in [6.45, 7) is 0. The number of hydrogen-bond donors (Lipinski definition) is 2. The summed E-state index contributed by atoms with van der Waals surface area (Å²) in [5, 5.41) is 4.08. The van der Waals surface area contributed by atoms with Gasteiger partial charge in [-0.05, 0) is 36.4 Å². The molecule has 0 fully saturated rings. The highest BCUT2D eigenvalue weighted by atomic mass is 35.5. The standard InChI is InChI=1S/C16H12ClN3O/c17-12-4-1-5-13(18)15(12)16(21)20-11-6-7-14-10(9-11)3-2-8-19-14/h1-9H,18H2,(H,20,21). The highest BCUT2D eigenvalue weighted by molar-refractivity contribution is 6.35. The van der Waals surface area contributed by atoms with Crippen LogP contribution in [0.4, 0.5) is 11.4 Å².